The van der Waals surface area contributed by atoms with Gasteiger partial charge in [-0.2, -0.15) is 0 Å². The Balaban J connectivity index is 1.82. The molecule has 0 spiro atoms. The van der Waals surface area contributed by atoms with E-state index in [2.05, 4.69) is 5.32 Å². The molecule has 1 aliphatic heterocycles. The van der Waals surface area contributed by atoms with Crippen molar-refractivity contribution in [3.8, 4) is 0 Å². The Morgan fingerprint density at radius 3 is 2.42 bits per heavy atom. The quantitative estimate of drug-likeness (QED) is 0.663. The summed E-state index contributed by atoms with van der Waals surface area (Å²) >= 11 is 0. The molecule has 0 radical (unpaired) electrons. The summed E-state index contributed by atoms with van der Waals surface area (Å²) in [6, 6.07) is 12.1. The van der Waals surface area contributed by atoms with Crippen LogP contribution in [-0.4, -0.2) is 39.2 Å². The van der Waals surface area contributed by atoms with Crippen LogP contribution in [0.2, 0.25) is 0 Å². The topological polar surface area (TPSA) is 92.8 Å². The normalized spacial score (nSPS) is 14.3. The average Bonchev–Trinajstić information content (AvgIpc) is 3.11. The number of aryl methyl sites for hydroxylation is 1. The first-order valence-corrected chi connectivity index (χ1v) is 12.1. The number of anilines is 1. The maximum absolute atomic E-state index is 13.0. The maximum Gasteiger partial charge on any atom is 0.308 e. The van der Waals surface area contributed by atoms with Gasteiger partial charge in [0.25, 0.3) is 5.91 Å². The molecular weight excluding hydrogens is 416 g/mol. The minimum atomic E-state index is -3.35. The minimum absolute atomic E-state index is 0.0137. The molecule has 8 heteroatoms. The van der Waals surface area contributed by atoms with E-state index in [0.29, 0.717) is 24.2 Å². The van der Waals surface area contributed by atoms with Crippen LogP contribution in [0.1, 0.15) is 53.4 Å². The summed E-state index contributed by atoms with van der Waals surface area (Å²) in [5.41, 5.74) is 3.72. The van der Waals surface area contributed by atoms with E-state index in [-0.39, 0.29) is 18.4 Å². The van der Waals surface area contributed by atoms with E-state index in [4.69, 9.17) is 4.74 Å². The SMILES string of the molecule is Cc1ccc(C(CC(=O)OC(C)C)NC(=O)c2ccc3c(c2)CCN3S(C)(=O)=O)cc1. The van der Waals surface area contributed by atoms with Gasteiger partial charge in [-0.1, -0.05) is 29.8 Å². The molecule has 1 N–H and O–H groups in total. The third-order valence-corrected chi connectivity index (χ3v) is 6.30. The van der Waals surface area contributed by atoms with E-state index >= 15 is 0 Å². The van der Waals surface area contributed by atoms with Gasteiger partial charge in [-0.25, -0.2) is 8.42 Å². The smallest absolute Gasteiger partial charge is 0.308 e. The van der Waals surface area contributed by atoms with Gasteiger partial charge in [0.15, 0.2) is 0 Å². The van der Waals surface area contributed by atoms with Gasteiger partial charge in [-0.15, -0.1) is 0 Å². The number of benzene rings is 2. The molecule has 0 aromatic heterocycles. The van der Waals surface area contributed by atoms with Crippen LogP contribution in [0.5, 0.6) is 0 Å². The molecule has 31 heavy (non-hydrogen) atoms. The number of nitrogens with zero attached hydrogens (tertiary/aromatic N) is 1. The van der Waals surface area contributed by atoms with Crippen LogP contribution in [0, 0.1) is 6.92 Å². The summed E-state index contributed by atoms with van der Waals surface area (Å²) in [4.78, 5) is 25.3. The van der Waals surface area contributed by atoms with E-state index in [1.807, 2.05) is 31.2 Å². The zero-order valence-corrected chi connectivity index (χ0v) is 19.0. The van der Waals surface area contributed by atoms with Crippen molar-refractivity contribution in [2.45, 2.75) is 45.8 Å². The van der Waals surface area contributed by atoms with Gasteiger partial charge in [0.05, 0.1) is 30.5 Å². The predicted molar refractivity (Wildman–Crippen MR) is 120 cm³/mol. The summed E-state index contributed by atoms with van der Waals surface area (Å²) in [6.07, 6.45) is 1.49. The van der Waals surface area contributed by atoms with Crippen molar-refractivity contribution in [2.24, 2.45) is 0 Å². The number of esters is 1. The molecular formula is C23H28N2O5S. The maximum atomic E-state index is 13.0. The Labute approximate surface area is 183 Å². The molecule has 0 bridgehead atoms. The summed E-state index contributed by atoms with van der Waals surface area (Å²) < 4.78 is 30.5. The van der Waals surface area contributed by atoms with Crippen molar-refractivity contribution in [1.29, 1.82) is 0 Å². The van der Waals surface area contributed by atoms with Crippen LogP contribution in [0.15, 0.2) is 42.5 Å². The van der Waals surface area contributed by atoms with E-state index in [9.17, 15) is 18.0 Å². The lowest BCUT2D eigenvalue weighted by atomic mass is 10.0. The molecule has 166 valence electrons. The fourth-order valence-electron chi connectivity index (χ4n) is 3.63. The second-order valence-electron chi connectivity index (χ2n) is 8.11. The van der Waals surface area contributed by atoms with E-state index < -0.39 is 22.0 Å². The highest BCUT2D eigenvalue weighted by Crippen LogP contribution is 2.31. The average molecular weight is 445 g/mol. The fraction of sp³-hybridized carbons (Fsp3) is 0.391. The van der Waals surface area contributed by atoms with Crippen LogP contribution in [0.3, 0.4) is 0 Å². The Hall–Kier alpha value is -2.87. The number of sulfonamides is 1. The van der Waals surface area contributed by atoms with Crippen LogP contribution in [-0.2, 0) is 26.0 Å². The molecule has 2 aromatic carbocycles. The molecule has 2 aromatic rings. The van der Waals surface area contributed by atoms with E-state index in [1.165, 1.54) is 10.6 Å². The number of ether oxygens (including phenoxy) is 1. The molecule has 1 aliphatic rings. The lowest BCUT2D eigenvalue weighted by molar-refractivity contribution is -0.147. The first kappa shape index (κ1) is 22.8. The van der Waals surface area contributed by atoms with Gasteiger partial charge in [-0.05, 0) is 56.5 Å². The molecule has 0 fully saturated rings. The number of nitrogens with one attached hydrogen (secondary N) is 1. The molecule has 3 rings (SSSR count). The summed E-state index contributed by atoms with van der Waals surface area (Å²) in [7, 11) is -3.35. The van der Waals surface area contributed by atoms with Crippen LogP contribution >= 0.6 is 0 Å². The number of amides is 1. The highest BCUT2D eigenvalue weighted by Gasteiger charge is 2.27. The summed E-state index contributed by atoms with van der Waals surface area (Å²) in [6.45, 7) is 5.89. The Kier molecular flexibility index (Phi) is 6.69. The molecule has 7 nitrogen and oxygen atoms in total. The lowest BCUT2D eigenvalue weighted by Crippen LogP contribution is -2.31. The van der Waals surface area contributed by atoms with Crippen molar-refractivity contribution in [2.75, 3.05) is 17.1 Å². The number of hydrogen-bond acceptors (Lipinski definition) is 5. The highest BCUT2D eigenvalue weighted by molar-refractivity contribution is 7.92. The molecule has 1 heterocycles. The van der Waals surface area contributed by atoms with Gasteiger partial charge < -0.3 is 10.1 Å². The first-order chi connectivity index (χ1) is 14.5. The second-order valence-corrected chi connectivity index (χ2v) is 10.0. The van der Waals surface area contributed by atoms with Gasteiger partial charge in [0, 0.05) is 12.1 Å². The number of carbonyl (C=O) groups excluding carboxylic acids is 2. The zero-order valence-electron chi connectivity index (χ0n) is 18.2. The Morgan fingerprint density at radius 2 is 1.81 bits per heavy atom. The third kappa shape index (κ3) is 5.64. The largest absolute Gasteiger partial charge is 0.463 e. The van der Waals surface area contributed by atoms with Crippen molar-refractivity contribution >= 4 is 27.6 Å². The van der Waals surface area contributed by atoms with Crippen molar-refractivity contribution in [3.63, 3.8) is 0 Å². The van der Waals surface area contributed by atoms with Crippen molar-refractivity contribution in [1.82, 2.24) is 5.32 Å². The number of carbonyl (C=O) groups is 2. The number of rotatable bonds is 7. The van der Waals surface area contributed by atoms with Gasteiger partial charge in [0.2, 0.25) is 10.0 Å². The van der Waals surface area contributed by atoms with Gasteiger partial charge in [0.1, 0.15) is 0 Å². The fourth-order valence-corrected chi connectivity index (χ4v) is 4.59. The summed E-state index contributed by atoms with van der Waals surface area (Å²) in [5, 5.41) is 2.93. The number of fused-ring (bicyclic) bond motifs is 1. The number of hydrogen-bond donors (Lipinski definition) is 1. The molecule has 0 aliphatic carbocycles. The molecule has 1 amide bonds. The molecule has 1 atom stereocenters. The lowest BCUT2D eigenvalue weighted by Gasteiger charge is -2.20. The van der Waals surface area contributed by atoms with E-state index in [0.717, 1.165) is 16.7 Å². The minimum Gasteiger partial charge on any atom is -0.463 e. The van der Waals surface area contributed by atoms with Crippen LogP contribution in [0.4, 0.5) is 5.69 Å². The monoisotopic (exact) mass is 444 g/mol. The summed E-state index contributed by atoms with van der Waals surface area (Å²) in [5.74, 6) is -0.720. The third-order valence-electron chi connectivity index (χ3n) is 5.12. The molecule has 0 saturated carbocycles. The molecule has 0 saturated heterocycles. The standard InChI is InChI=1S/C23H28N2O5S/c1-15(2)30-22(26)14-20(17-7-5-16(3)6-8-17)24-23(27)19-9-10-21-18(13-19)11-12-25(21)31(4,28)29/h5-10,13,15,20H,11-12,14H2,1-4H3,(H,24,27). The second kappa shape index (κ2) is 9.09. The highest BCUT2D eigenvalue weighted by atomic mass is 32.2. The first-order valence-electron chi connectivity index (χ1n) is 10.2. The van der Waals surface area contributed by atoms with Crippen LogP contribution < -0.4 is 9.62 Å². The predicted octanol–water partition coefficient (Wildman–Crippen LogP) is 3.13. The molecule has 1 unspecified atom stereocenters. The van der Waals surface area contributed by atoms with Crippen molar-refractivity contribution < 1.29 is 22.7 Å². The van der Waals surface area contributed by atoms with Gasteiger partial charge in [-0.3, -0.25) is 13.9 Å². The Bertz CT molecular complexity index is 1080. The zero-order chi connectivity index (χ0) is 22.8. The van der Waals surface area contributed by atoms with E-state index in [1.54, 1.807) is 32.0 Å². The van der Waals surface area contributed by atoms with Gasteiger partial charge >= 0.3 is 5.97 Å². The van der Waals surface area contributed by atoms with Crippen molar-refractivity contribution in [3.05, 3.63) is 64.7 Å². The van der Waals surface area contributed by atoms with Crippen LogP contribution in [0.25, 0.3) is 0 Å². The Morgan fingerprint density at radius 1 is 1.13 bits per heavy atom.